The predicted octanol–water partition coefficient (Wildman–Crippen LogP) is 4.50. The second-order valence-corrected chi connectivity index (χ2v) is 7.30. The average Bonchev–Trinajstić information content (AvgIpc) is 2.58. The Balaban J connectivity index is 1.78. The Hall–Kier alpha value is -2.36. The molecule has 1 N–H and O–H groups in total. The van der Waals surface area contributed by atoms with E-state index in [1.807, 2.05) is 26.0 Å². The molecule has 0 atom stereocenters. The highest BCUT2D eigenvalue weighted by Crippen LogP contribution is 2.25. The number of carbonyl (C=O) groups is 1. The Morgan fingerprint density at radius 1 is 1.12 bits per heavy atom. The van der Waals surface area contributed by atoms with Crippen LogP contribution in [0.1, 0.15) is 46.9 Å². The zero-order valence-corrected chi connectivity index (χ0v) is 15.6. The van der Waals surface area contributed by atoms with Crippen LogP contribution in [0.5, 0.6) is 0 Å². The molecular weight excluding hydrogens is 310 g/mol. The third kappa shape index (κ3) is 4.01. The van der Waals surface area contributed by atoms with Crippen LogP contribution in [0.15, 0.2) is 30.5 Å². The fraction of sp³-hybridized carbons (Fsp3) is 0.429. The van der Waals surface area contributed by atoms with Crippen LogP contribution < -0.4 is 10.2 Å². The SMILES string of the molecule is Cc1cc(C)c(NC(=O)c2cc(N3CCC(C)CC3)ccn2)c(C)c1. The second-order valence-electron chi connectivity index (χ2n) is 7.30. The summed E-state index contributed by atoms with van der Waals surface area (Å²) < 4.78 is 0. The molecule has 1 aliphatic rings. The summed E-state index contributed by atoms with van der Waals surface area (Å²) in [5, 5.41) is 3.04. The van der Waals surface area contributed by atoms with Crippen molar-refractivity contribution in [3.63, 3.8) is 0 Å². The highest BCUT2D eigenvalue weighted by Gasteiger charge is 2.18. The molecule has 2 aromatic rings. The number of amides is 1. The number of carbonyl (C=O) groups excluding carboxylic acids is 1. The molecule has 0 aliphatic carbocycles. The van der Waals surface area contributed by atoms with Crippen molar-refractivity contribution in [1.29, 1.82) is 0 Å². The molecule has 3 rings (SSSR count). The highest BCUT2D eigenvalue weighted by atomic mass is 16.1. The number of nitrogens with zero attached hydrogens (tertiary/aromatic N) is 2. The summed E-state index contributed by atoms with van der Waals surface area (Å²) in [7, 11) is 0. The molecule has 1 aromatic carbocycles. The minimum Gasteiger partial charge on any atom is -0.371 e. The third-order valence-corrected chi connectivity index (χ3v) is 5.04. The fourth-order valence-electron chi connectivity index (χ4n) is 3.56. The van der Waals surface area contributed by atoms with Crippen molar-refractivity contribution in [3.8, 4) is 0 Å². The second kappa shape index (κ2) is 7.26. The average molecular weight is 337 g/mol. The van der Waals surface area contributed by atoms with E-state index in [1.54, 1.807) is 6.20 Å². The Morgan fingerprint density at radius 3 is 2.40 bits per heavy atom. The quantitative estimate of drug-likeness (QED) is 0.897. The Kier molecular flexibility index (Phi) is 5.07. The summed E-state index contributed by atoms with van der Waals surface area (Å²) in [4.78, 5) is 19.3. The van der Waals surface area contributed by atoms with E-state index in [0.29, 0.717) is 5.69 Å². The van der Waals surface area contributed by atoms with E-state index in [2.05, 4.69) is 41.2 Å². The van der Waals surface area contributed by atoms with Crippen LogP contribution in [0.3, 0.4) is 0 Å². The molecule has 1 fully saturated rings. The lowest BCUT2D eigenvalue weighted by Gasteiger charge is -2.32. The number of anilines is 2. The van der Waals surface area contributed by atoms with Gasteiger partial charge in [0.05, 0.1) is 0 Å². The number of nitrogens with one attached hydrogen (secondary N) is 1. The van der Waals surface area contributed by atoms with E-state index in [9.17, 15) is 4.79 Å². The fourth-order valence-corrected chi connectivity index (χ4v) is 3.56. The van der Waals surface area contributed by atoms with Crippen LogP contribution in [0.4, 0.5) is 11.4 Å². The molecule has 1 amide bonds. The first-order chi connectivity index (χ1) is 11.9. The van der Waals surface area contributed by atoms with Crippen LogP contribution in [0, 0.1) is 26.7 Å². The van der Waals surface area contributed by atoms with Gasteiger partial charge in [0.2, 0.25) is 0 Å². The normalized spacial score (nSPS) is 15.3. The monoisotopic (exact) mass is 337 g/mol. The van der Waals surface area contributed by atoms with Crippen molar-refractivity contribution in [3.05, 3.63) is 52.8 Å². The minimum atomic E-state index is -0.151. The molecule has 1 aromatic heterocycles. The molecule has 0 unspecified atom stereocenters. The van der Waals surface area contributed by atoms with E-state index in [0.717, 1.165) is 41.5 Å². The van der Waals surface area contributed by atoms with E-state index in [1.165, 1.54) is 18.4 Å². The number of benzene rings is 1. The molecule has 0 spiro atoms. The molecular formula is C21H27N3O. The Bertz CT molecular complexity index is 753. The summed E-state index contributed by atoms with van der Waals surface area (Å²) in [6.07, 6.45) is 4.13. The molecule has 0 saturated carbocycles. The number of hydrogen-bond acceptors (Lipinski definition) is 3. The van der Waals surface area contributed by atoms with Gasteiger partial charge in [-0.2, -0.15) is 0 Å². The van der Waals surface area contributed by atoms with Gasteiger partial charge >= 0.3 is 0 Å². The van der Waals surface area contributed by atoms with Crippen LogP contribution in [0.25, 0.3) is 0 Å². The largest absolute Gasteiger partial charge is 0.371 e. The topological polar surface area (TPSA) is 45.2 Å². The maximum atomic E-state index is 12.7. The summed E-state index contributed by atoms with van der Waals surface area (Å²) in [5.41, 5.74) is 5.79. The van der Waals surface area contributed by atoms with Gasteiger partial charge in [0.25, 0.3) is 5.91 Å². The summed E-state index contributed by atoms with van der Waals surface area (Å²) >= 11 is 0. The van der Waals surface area contributed by atoms with E-state index < -0.39 is 0 Å². The van der Waals surface area contributed by atoms with Gasteiger partial charge in [-0.05, 0) is 62.8 Å². The molecule has 1 aliphatic heterocycles. The van der Waals surface area contributed by atoms with Crippen LogP contribution in [-0.2, 0) is 0 Å². The van der Waals surface area contributed by atoms with Crippen molar-refractivity contribution < 1.29 is 4.79 Å². The molecule has 0 bridgehead atoms. The van der Waals surface area contributed by atoms with Crippen LogP contribution >= 0.6 is 0 Å². The lowest BCUT2D eigenvalue weighted by molar-refractivity contribution is 0.102. The number of piperidine rings is 1. The maximum Gasteiger partial charge on any atom is 0.274 e. The number of aryl methyl sites for hydroxylation is 3. The zero-order chi connectivity index (χ0) is 18.0. The van der Waals surface area contributed by atoms with Gasteiger partial charge in [-0.25, -0.2) is 0 Å². The van der Waals surface area contributed by atoms with E-state index in [4.69, 9.17) is 0 Å². The van der Waals surface area contributed by atoms with Gasteiger partial charge < -0.3 is 10.2 Å². The molecule has 0 radical (unpaired) electrons. The van der Waals surface area contributed by atoms with E-state index in [-0.39, 0.29) is 5.91 Å². The molecule has 2 heterocycles. The van der Waals surface area contributed by atoms with Gasteiger partial charge in [-0.3, -0.25) is 9.78 Å². The summed E-state index contributed by atoms with van der Waals surface area (Å²) in [6.45, 7) is 10.5. The number of hydrogen-bond donors (Lipinski definition) is 1. The Morgan fingerprint density at radius 2 is 1.76 bits per heavy atom. The number of aromatic nitrogens is 1. The molecule has 132 valence electrons. The van der Waals surface area contributed by atoms with Gasteiger partial charge in [-0.1, -0.05) is 24.6 Å². The predicted molar refractivity (Wildman–Crippen MR) is 103 cm³/mol. The van der Waals surface area contributed by atoms with Gasteiger partial charge in [0.1, 0.15) is 5.69 Å². The van der Waals surface area contributed by atoms with Crippen molar-refractivity contribution >= 4 is 17.3 Å². The molecule has 1 saturated heterocycles. The highest BCUT2D eigenvalue weighted by molar-refractivity contribution is 6.04. The molecule has 4 heteroatoms. The first-order valence-electron chi connectivity index (χ1n) is 9.04. The standard InChI is InChI=1S/C21H27N3O/c1-14-6-9-24(10-7-14)18-5-8-22-19(13-18)21(25)23-20-16(3)11-15(2)12-17(20)4/h5,8,11-14H,6-7,9-10H2,1-4H3,(H,23,25). The van der Waals surface area contributed by atoms with Crippen LogP contribution in [-0.4, -0.2) is 24.0 Å². The lowest BCUT2D eigenvalue weighted by atomic mass is 9.99. The summed E-state index contributed by atoms with van der Waals surface area (Å²) in [6, 6.07) is 8.07. The van der Waals surface area contributed by atoms with Crippen LogP contribution in [0.2, 0.25) is 0 Å². The maximum absolute atomic E-state index is 12.7. The zero-order valence-electron chi connectivity index (χ0n) is 15.6. The Labute approximate surface area is 150 Å². The van der Waals surface area contributed by atoms with Gasteiger partial charge in [-0.15, -0.1) is 0 Å². The minimum absolute atomic E-state index is 0.151. The smallest absolute Gasteiger partial charge is 0.274 e. The number of pyridine rings is 1. The van der Waals surface area contributed by atoms with Gasteiger partial charge in [0.15, 0.2) is 0 Å². The third-order valence-electron chi connectivity index (χ3n) is 5.04. The van der Waals surface area contributed by atoms with E-state index >= 15 is 0 Å². The van der Waals surface area contributed by atoms with Crippen molar-refractivity contribution in [2.75, 3.05) is 23.3 Å². The molecule has 4 nitrogen and oxygen atoms in total. The van der Waals surface area contributed by atoms with Gasteiger partial charge in [0, 0.05) is 30.7 Å². The van der Waals surface area contributed by atoms with Crippen molar-refractivity contribution in [2.45, 2.75) is 40.5 Å². The van der Waals surface area contributed by atoms with Crippen molar-refractivity contribution in [2.24, 2.45) is 5.92 Å². The lowest BCUT2D eigenvalue weighted by Crippen LogP contribution is -2.33. The number of rotatable bonds is 3. The molecule has 25 heavy (non-hydrogen) atoms. The first kappa shape index (κ1) is 17.5. The summed E-state index contributed by atoms with van der Waals surface area (Å²) in [5.74, 6) is 0.635. The first-order valence-corrected chi connectivity index (χ1v) is 9.04. The van der Waals surface area contributed by atoms with Crippen molar-refractivity contribution in [1.82, 2.24) is 4.98 Å².